The molecule has 1 aliphatic heterocycles. The van der Waals surface area contributed by atoms with Gasteiger partial charge in [-0.05, 0) is 25.0 Å². The summed E-state index contributed by atoms with van der Waals surface area (Å²) >= 11 is 7.20. The molecule has 0 aliphatic carbocycles. The number of hydrogen-bond acceptors (Lipinski definition) is 5. The third-order valence-corrected chi connectivity index (χ3v) is 6.57. The fourth-order valence-electron chi connectivity index (χ4n) is 3.64. The Labute approximate surface area is 178 Å². The zero-order chi connectivity index (χ0) is 20.2. The molecule has 7 heteroatoms. The summed E-state index contributed by atoms with van der Waals surface area (Å²) in [6, 6.07) is 15.3. The number of piperidine rings is 1. The second kappa shape index (κ2) is 8.93. The van der Waals surface area contributed by atoms with Gasteiger partial charge in [-0.3, -0.25) is 10.2 Å². The van der Waals surface area contributed by atoms with Crippen LogP contribution in [0.25, 0.3) is 0 Å². The van der Waals surface area contributed by atoms with E-state index in [2.05, 4.69) is 10.1 Å². The minimum Gasteiger partial charge on any atom is -0.361 e. The summed E-state index contributed by atoms with van der Waals surface area (Å²) in [5, 5.41) is 12.7. The average molecular weight is 428 g/mol. The molecule has 3 heterocycles. The minimum atomic E-state index is 0.0765. The zero-order valence-corrected chi connectivity index (χ0v) is 17.5. The highest BCUT2D eigenvalue weighted by Crippen LogP contribution is 2.29. The second-order valence-electron chi connectivity index (χ2n) is 7.22. The van der Waals surface area contributed by atoms with Crippen molar-refractivity contribution in [1.82, 2.24) is 10.1 Å². The molecule has 0 atom stereocenters. The monoisotopic (exact) mass is 427 g/mol. The normalized spacial score (nSPS) is 14.9. The van der Waals surface area contributed by atoms with Crippen molar-refractivity contribution in [3.63, 3.8) is 0 Å². The van der Waals surface area contributed by atoms with E-state index in [4.69, 9.17) is 21.5 Å². The number of aryl methyl sites for hydroxylation is 1. The van der Waals surface area contributed by atoms with Crippen molar-refractivity contribution in [2.45, 2.75) is 31.6 Å². The molecule has 1 aliphatic rings. The Bertz CT molecular complexity index is 990. The number of carbonyl (C=O) groups is 1. The van der Waals surface area contributed by atoms with Crippen molar-refractivity contribution >= 4 is 34.6 Å². The van der Waals surface area contributed by atoms with Gasteiger partial charge in [0.1, 0.15) is 11.6 Å². The van der Waals surface area contributed by atoms with Crippen LogP contribution in [0, 0.1) is 5.41 Å². The van der Waals surface area contributed by atoms with Crippen LogP contribution >= 0.6 is 22.9 Å². The number of likely N-dealkylation sites (tertiary alicyclic amines) is 1. The summed E-state index contributed by atoms with van der Waals surface area (Å²) < 4.78 is 6.10. The van der Waals surface area contributed by atoms with E-state index in [-0.39, 0.29) is 5.78 Å². The molecule has 0 spiro atoms. The van der Waals surface area contributed by atoms with Gasteiger partial charge >= 0.3 is 0 Å². The predicted octanol–water partition coefficient (Wildman–Crippen LogP) is 5.41. The van der Waals surface area contributed by atoms with Crippen molar-refractivity contribution in [2.24, 2.45) is 0 Å². The van der Waals surface area contributed by atoms with Crippen molar-refractivity contribution < 1.29 is 9.32 Å². The molecule has 1 N–H and O–H groups in total. The van der Waals surface area contributed by atoms with Crippen LogP contribution in [0.5, 0.6) is 0 Å². The molecule has 150 valence electrons. The Morgan fingerprint density at radius 2 is 1.97 bits per heavy atom. The Morgan fingerprint density at radius 1 is 1.21 bits per heavy atom. The van der Waals surface area contributed by atoms with Gasteiger partial charge in [0.25, 0.3) is 0 Å². The van der Waals surface area contributed by atoms with E-state index in [1.165, 1.54) is 11.3 Å². The summed E-state index contributed by atoms with van der Waals surface area (Å²) in [5.41, 5.74) is 1.91. The summed E-state index contributed by atoms with van der Waals surface area (Å²) in [7, 11) is 0. The standard InChI is InChI=1S/C22H22ClN3O2S/c23-21-9-8-20(29-21)19(27)7-6-17-14-18(25-28-17)15-10-12-26(13-11-15)22(24)16-4-2-1-3-5-16/h1-5,8-9,14-15,24H,6-7,10-13H2. The Kier molecular flexibility index (Phi) is 6.11. The number of rotatable bonds is 6. The largest absolute Gasteiger partial charge is 0.361 e. The minimum absolute atomic E-state index is 0.0765. The van der Waals surface area contributed by atoms with Crippen LogP contribution in [-0.4, -0.2) is 34.8 Å². The lowest BCUT2D eigenvalue weighted by atomic mass is 9.93. The van der Waals surface area contributed by atoms with Gasteiger partial charge in [0, 0.05) is 43.5 Å². The summed E-state index contributed by atoms with van der Waals surface area (Å²) in [6.45, 7) is 1.66. The summed E-state index contributed by atoms with van der Waals surface area (Å²) in [6.07, 6.45) is 2.80. The van der Waals surface area contributed by atoms with Crippen molar-refractivity contribution in [3.8, 4) is 0 Å². The fourth-order valence-corrected chi connectivity index (χ4v) is 4.65. The van der Waals surface area contributed by atoms with Crippen LogP contribution in [0.1, 0.15) is 51.9 Å². The van der Waals surface area contributed by atoms with Crippen LogP contribution in [0.4, 0.5) is 0 Å². The zero-order valence-electron chi connectivity index (χ0n) is 15.9. The molecule has 5 nitrogen and oxygen atoms in total. The Balaban J connectivity index is 1.29. The molecule has 1 saturated heterocycles. The average Bonchev–Trinajstić information content (AvgIpc) is 3.41. The van der Waals surface area contributed by atoms with Crippen molar-refractivity contribution in [3.05, 3.63) is 74.8 Å². The number of hydrogen-bond donors (Lipinski definition) is 1. The number of halogens is 1. The third-order valence-electron chi connectivity index (χ3n) is 5.30. The lowest BCUT2D eigenvalue weighted by molar-refractivity contribution is 0.0984. The summed E-state index contributed by atoms with van der Waals surface area (Å²) in [5.74, 6) is 1.74. The van der Waals surface area contributed by atoms with Gasteiger partial charge in [0.2, 0.25) is 0 Å². The third kappa shape index (κ3) is 4.77. The maximum atomic E-state index is 12.2. The van der Waals surface area contributed by atoms with E-state index in [1.54, 1.807) is 12.1 Å². The highest BCUT2D eigenvalue weighted by Gasteiger charge is 2.25. The van der Waals surface area contributed by atoms with Crippen molar-refractivity contribution in [2.75, 3.05) is 13.1 Å². The maximum absolute atomic E-state index is 12.2. The highest BCUT2D eigenvalue weighted by atomic mass is 35.5. The molecule has 0 amide bonds. The van der Waals surface area contributed by atoms with E-state index < -0.39 is 0 Å². The van der Waals surface area contributed by atoms with E-state index >= 15 is 0 Å². The first-order chi connectivity index (χ1) is 14.1. The number of aromatic nitrogens is 1. The number of carbonyl (C=O) groups excluding carboxylic acids is 1. The van der Waals surface area contributed by atoms with Gasteiger partial charge in [0.05, 0.1) is 14.9 Å². The Hall–Kier alpha value is -2.44. The SMILES string of the molecule is N=C(c1ccccc1)N1CCC(c2cc(CCC(=O)c3ccc(Cl)s3)on2)CC1. The lowest BCUT2D eigenvalue weighted by Gasteiger charge is -2.32. The van der Waals surface area contributed by atoms with Gasteiger partial charge in [0.15, 0.2) is 5.78 Å². The Morgan fingerprint density at radius 3 is 2.66 bits per heavy atom. The molecule has 29 heavy (non-hydrogen) atoms. The number of Topliss-reactive ketones (excluding diaryl/α,β-unsaturated/α-hetero) is 1. The molecule has 3 aromatic rings. The van der Waals surface area contributed by atoms with Crippen LogP contribution < -0.4 is 0 Å². The highest BCUT2D eigenvalue weighted by molar-refractivity contribution is 7.18. The van der Waals surface area contributed by atoms with Gasteiger partial charge in [-0.1, -0.05) is 47.1 Å². The molecule has 4 rings (SSSR count). The van der Waals surface area contributed by atoms with Gasteiger partial charge in [-0.2, -0.15) is 0 Å². The first kappa shape index (κ1) is 19.9. The van der Waals surface area contributed by atoms with Crippen molar-refractivity contribution in [1.29, 1.82) is 5.41 Å². The van der Waals surface area contributed by atoms with Gasteiger partial charge < -0.3 is 9.42 Å². The smallest absolute Gasteiger partial charge is 0.173 e. The number of benzene rings is 1. The maximum Gasteiger partial charge on any atom is 0.173 e. The molecule has 1 fully saturated rings. The van der Waals surface area contributed by atoms with Crippen LogP contribution in [0.2, 0.25) is 4.34 Å². The molecule has 2 aromatic heterocycles. The molecular formula is C22H22ClN3O2S. The van der Waals surface area contributed by atoms with E-state index in [0.717, 1.165) is 42.9 Å². The molecule has 0 unspecified atom stereocenters. The fraction of sp³-hybridized carbons (Fsp3) is 0.318. The molecule has 0 radical (unpaired) electrons. The van der Waals surface area contributed by atoms with Crippen LogP contribution in [0.3, 0.4) is 0 Å². The number of nitrogens with one attached hydrogen (secondary N) is 1. The molecule has 0 saturated carbocycles. The van der Waals surface area contributed by atoms with Crippen LogP contribution in [-0.2, 0) is 6.42 Å². The molecule has 1 aromatic carbocycles. The predicted molar refractivity (Wildman–Crippen MR) is 115 cm³/mol. The number of ketones is 1. The molecular weight excluding hydrogens is 406 g/mol. The van der Waals surface area contributed by atoms with Gasteiger partial charge in [-0.15, -0.1) is 11.3 Å². The van der Waals surface area contributed by atoms with E-state index in [0.29, 0.717) is 33.8 Å². The van der Waals surface area contributed by atoms with E-state index in [1.807, 2.05) is 36.4 Å². The quantitative estimate of drug-likeness (QED) is 0.324. The van der Waals surface area contributed by atoms with Gasteiger partial charge in [-0.25, -0.2) is 0 Å². The summed E-state index contributed by atoms with van der Waals surface area (Å²) in [4.78, 5) is 15.0. The van der Waals surface area contributed by atoms with Crippen LogP contribution in [0.15, 0.2) is 53.1 Å². The second-order valence-corrected chi connectivity index (χ2v) is 8.94. The number of nitrogens with zero attached hydrogens (tertiary/aromatic N) is 2. The first-order valence-corrected chi connectivity index (χ1v) is 10.9. The lowest BCUT2D eigenvalue weighted by Crippen LogP contribution is -2.38. The number of amidine groups is 1. The first-order valence-electron chi connectivity index (χ1n) is 9.73. The number of thiophene rings is 1. The molecule has 0 bridgehead atoms. The van der Waals surface area contributed by atoms with E-state index in [9.17, 15) is 4.79 Å². The topological polar surface area (TPSA) is 70.2 Å².